The maximum absolute atomic E-state index is 13.1. The number of carbonyl (C=O) groups excluding carboxylic acids is 2. The van der Waals surface area contributed by atoms with Crippen LogP contribution < -0.4 is 9.47 Å². The quantitative estimate of drug-likeness (QED) is 0.200. The molecule has 1 aliphatic rings. The van der Waals surface area contributed by atoms with Crippen molar-refractivity contribution in [2.45, 2.75) is 20.1 Å². The van der Waals surface area contributed by atoms with Gasteiger partial charge in [0.1, 0.15) is 12.4 Å². The van der Waals surface area contributed by atoms with Crippen LogP contribution in [0.25, 0.3) is 6.08 Å². The number of carbonyl (C=O) groups is 2. The zero-order valence-corrected chi connectivity index (χ0v) is 20.0. The van der Waals surface area contributed by atoms with Gasteiger partial charge < -0.3 is 9.47 Å². The molecule has 1 fully saturated rings. The van der Waals surface area contributed by atoms with E-state index in [0.717, 1.165) is 16.7 Å². The summed E-state index contributed by atoms with van der Waals surface area (Å²) in [6.07, 6.45) is 1.60. The summed E-state index contributed by atoms with van der Waals surface area (Å²) >= 11 is 0.831. The summed E-state index contributed by atoms with van der Waals surface area (Å²) in [7, 11) is 0. The summed E-state index contributed by atoms with van der Waals surface area (Å²) in [6, 6.07) is 16.9. The molecule has 0 aromatic heterocycles. The normalized spacial score (nSPS) is 14.4. The average Bonchev–Trinajstić information content (AvgIpc) is 3.12. The molecule has 1 saturated heterocycles. The van der Waals surface area contributed by atoms with Crippen molar-refractivity contribution in [3.05, 3.63) is 104 Å². The Labute approximate surface area is 210 Å². The fourth-order valence-electron chi connectivity index (χ4n) is 3.48. The third-order valence-corrected chi connectivity index (χ3v) is 6.12. The lowest BCUT2D eigenvalue weighted by atomic mass is 10.1. The van der Waals surface area contributed by atoms with Crippen LogP contribution in [0.15, 0.2) is 71.6 Å². The molecule has 0 bridgehead atoms. The van der Waals surface area contributed by atoms with E-state index in [4.69, 9.17) is 9.47 Å². The molecule has 184 valence electrons. The Morgan fingerprint density at radius 2 is 1.78 bits per heavy atom. The van der Waals surface area contributed by atoms with Crippen LogP contribution in [-0.4, -0.2) is 27.6 Å². The smallest absolute Gasteiger partial charge is 0.293 e. The number of hydrogen-bond donors (Lipinski definition) is 0. The van der Waals surface area contributed by atoms with Crippen LogP contribution in [-0.2, 0) is 17.9 Å². The lowest BCUT2D eigenvalue weighted by molar-refractivity contribution is -0.384. The van der Waals surface area contributed by atoms with Crippen LogP contribution in [0.3, 0.4) is 0 Å². The van der Waals surface area contributed by atoms with Gasteiger partial charge >= 0.3 is 0 Å². The van der Waals surface area contributed by atoms with E-state index >= 15 is 0 Å². The summed E-state index contributed by atoms with van der Waals surface area (Å²) in [5.41, 5.74) is 1.88. The molecule has 36 heavy (non-hydrogen) atoms. The fourth-order valence-corrected chi connectivity index (χ4v) is 4.32. The van der Waals surface area contributed by atoms with Crippen molar-refractivity contribution in [1.29, 1.82) is 0 Å². The predicted octanol–water partition coefficient (Wildman–Crippen LogP) is 5.95. The third-order valence-electron chi connectivity index (χ3n) is 5.21. The van der Waals surface area contributed by atoms with Gasteiger partial charge in [-0.3, -0.25) is 24.6 Å². The first-order valence-electron chi connectivity index (χ1n) is 11.0. The number of thioether (sulfide) groups is 1. The Balaban J connectivity index is 1.49. The van der Waals surface area contributed by atoms with E-state index in [1.165, 1.54) is 36.4 Å². The molecule has 1 heterocycles. The van der Waals surface area contributed by atoms with Crippen LogP contribution in [0.5, 0.6) is 11.5 Å². The van der Waals surface area contributed by atoms with E-state index in [9.17, 15) is 24.1 Å². The largest absolute Gasteiger partial charge is 0.490 e. The number of benzene rings is 3. The van der Waals surface area contributed by atoms with Crippen molar-refractivity contribution in [3.63, 3.8) is 0 Å². The van der Waals surface area contributed by atoms with Crippen LogP contribution in [0, 0.1) is 15.9 Å². The molecule has 2 amide bonds. The molecule has 10 heteroatoms. The first kappa shape index (κ1) is 24.9. The second kappa shape index (κ2) is 11.0. The van der Waals surface area contributed by atoms with Gasteiger partial charge in [0.05, 0.1) is 23.0 Å². The minimum Gasteiger partial charge on any atom is -0.490 e. The van der Waals surface area contributed by atoms with Gasteiger partial charge in [-0.05, 0) is 65.7 Å². The lowest BCUT2D eigenvalue weighted by Gasteiger charge is -2.13. The van der Waals surface area contributed by atoms with Crippen molar-refractivity contribution >= 4 is 34.7 Å². The number of rotatable bonds is 9. The van der Waals surface area contributed by atoms with E-state index in [1.807, 2.05) is 6.92 Å². The minimum atomic E-state index is -0.467. The zero-order valence-electron chi connectivity index (χ0n) is 19.2. The van der Waals surface area contributed by atoms with Gasteiger partial charge in [0.25, 0.3) is 16.8 Å². The third kappa shape index (κ3) is 5.89. The van der Waals surface area contributed by atoms with E-state index < -0.39 is 21.9 Å². The Morgan fingerprint density at radius 1 is 1.00 bits per heavy atom. The van der Waals surface area contributed by atoms with Gasteiger partial charge in [0.2, 0.25) is 0 Å². The molecular weight excluding hydrogens is 487 g/mol. The minimum absolute atomic E-state index is 0.0233. The summed E-state index contributed by atoms with van der Waals surface area (Å²) in [6.45, 7) is 2.34. The zero-order chi connectivity index (χ0) is 25.7. The standard InChI is InChI=1S/C26H21FN2O6S/c1-2-34-23-13-18(8-11-22(23)35-16-19-4-3-5-21(12-19)29(32)33)14-24-25(30)28(26(31)36-24)15-17-6-9-20(27)10-7-17/h3-14H,2,15-16H2,1H3/b24-14-. The van der Waals surface area contributed by atoms with Crippen molar-refractivity contribution in [3.8, 4) is 11.5 Å². The number of ether oxygens (including phenoxy) is 2. The van der Waals surface area contributed by atoms with Crippen LogP contribution in [0.4, 0.5) is 14.9 Å². The summed E-state index contributed by atoms with van der Waals surface area (Å²) < 4.78 is 24.7. The highest BCUT2D eigenvalue weighted by molar-refractivity contribution is 8.18. The molecule has 0 radical (unpaired) electrons. The molecule has 4 rings (SSSR count). The summed E-state index contributed by atoms with van der Waals surface area (Å²) in [5.74, 6) is 0.0424. The Kier molecular flexibility index (Phi) is 7.65. The first-order chi connectivity index (χ1) is 17.3. The molecule has 3 aromatic rings. The molecule has 0 aliphatic carbocycles. The van der Waals surface area contributed by atoms with Gasteiger partial charge in [0.15, 0.2) is 11.5 Å². The van der Waals surface area contributed by atoms with Crippen molar-refractivity contribution in [2.24, 2.45) is 0 Å². The number of halogens is 1. The van der Waals surface area contributed by atoms with Crippen molar-refractivity contribution < 1.29 is 28.4 Å². The van der Waals surface area contributed by atoms with Gasteiger partial charge in [-0.1, -0.05) is 30.3 Å². The monoisotopic (exact) mass is 508 g/mol. The SMILES string of the molecule is CCOc1cc(/C=C2\SC(=O)N(Cc3ccc(F)cc3)C2=O)ccc1OCc1cccc([N+](=O)[O-])c1. The summed E-state index contributed by atoms with van der Waals surface area (Å²) in [5, 5.41) is 10.6. The maximum atomic E-state index is 13.1. The van der Waals surface area contributed by atoms with E-state index in [2.05, 4.69) is 0 Å². The molecule has 0 unspecified atom stereocenters. The molecule has 0 atom stereocenters. The van der Waals surface area contributed by atoms with Gasteiger partial charge in [0, 0.05) is 12.1 Å². The fraction of sp³-hybridized carbons (Fsp3) is 0.154. The molecule has 3 aromatic carbocycles. The number of nitro benzene ring substituents is 1. The highest BCUT2D eigenvalue weighted by atomic mass is 32.2. The maximum Gasteiger partial charge on any atom is 0.293 e. The number of imide groups is 1. The van der Waals surface area contributed by atoms with E-state index in [1.54, 1.807) is 36.4 Å². The number of amides is 2. The van der Waals surface area contributed by atoms with Crippen molar-refractivity contribution in [1.82, 2.24) is 4.90 Å². The second-order valence-corrected chi connectivity index (χ2v) is 8.74. The first-order valence-corrected chi connectivity index (χ1v) is 11.8. The molecule has 1 aliphatic heterocycles. The van der Waals surface area contributed by atoms with Gasteiger partial charge in [-0.2, -0.15) is 0 Å². The average molecular weight is 509 g/mol. The second-order valence-electron chi connectivity index (χ2n) is 7.75. The summed E-state index contributed by atoms with van der Waals surface area (Å²) in [4.78, 5) is 37.2. The highest BCUT2D eigenvalue weighted by Crippen LogP contribution is 2.35. The predicted molar refractivity (Wildman–Crippen MR) is 133 cm³/mol. The van der Waals surface area contributed by atoms with E-state index in [0.29, 0.717) is 34.8 Å². The molecular formula is C26H21FN2O6S. The number of non-ortho nitro benzene ring substituents is 1. The van der Waals surface area contributed by atoms with Crippen molar-refractivity contribution in [2.75, 3.05) is 6.61 Å². The van der Waals surface area contributed by atoms with E-state index in [-0.39, 0.29) is 23.7 Å². The topological polar surface area (TPSA) is 99.0 Å². The van der Waals surface area contributed by atoms with Crippen LogP contribution in [0.1, 0.15) is 23.6 Å². The molecule has 0 spiro atoms. The number of hydrogen-bond acceptors (Lipinski definition) is 7. The Bertz CT molecular complexity index is 1340. The number of nitro groups is 1. The lowest BCUT2D eigenvalue weighted by Crippen LogP contribution is -2.27. The van der Waals surface area contributed by atoms with Gasteiger partial charge in [-0.25, -0.2) is 4.39 Å². The molecule has 0 saturated carbocycles. The van der Waals surface area contributed by atoms with Gasteiger partial charge in [-0.15, -0.1) is 0 Å². The Morgan fingerprint density at radius 3 is 2.50 bits per heavy atom. The van der Waals surface area contributed by atoms with Crippen LogP contribution >= 0.6 is 11.8 Å². The van der Waals surface area contributed by atoms with Crippen LogP contribution in [0.2, 0.25) is 0 Å². The highest BCUT2D eigenvalue weighted by Gasteiger charge is 2.35. The Hall–Kier alpha value is -4.18. The molecule has 0 N–H and O–H groups in total. The molecule has 8 nitrogen and oxygen atoms in total. The number of nitrogens with zero attached hydrogens (tertiary/aromatic N) is 2.